The van der Waals surface area contributed by atoms with Crippen molar-refractivity contribution in [2.45, 2.75) is 230 Å². The number of methoxy groups -OCH3 is 1. The van der Waals surface area contributed by atoms with Crippen LogP contribution < -0.4 is 10.6 Å². The fraction of sp³-hybridized carbons (Fsp3) is 0.733. The number of rotatable bonds is 39. The Bertz CT molecular complexity index is 2230. The van der Waals surface area contributed by atoms with E-state index in [0.717, 1.165) is 64.2 Å². The van der Waals surface area contributed by atoms with Crippen LogP contribution in [0, 0.1) is 0 Å². The molecule has 1 aromatic rings. The Morgan fingerprint density at radius 1 is 0.614 bits per heavy atom. The molecule has 3 heterocycles. The van der Waals surface area contributed by atoms with Gasteiger partial charge < -0.3 is 76.9 Å². The highest BCUT2D eigenvalue weighted by molar-refractivity contribution is 6.68. The van der Waals surface area contributed by atoms with Gasteiger partial charge in [-0.1, -0.05) is 242 Å². The number of esters is 2. The summed E-state index contributed by atoms with van der Waals surface area (Å²) < 4.78 is 78.1. The molecule has 500 valence electrons. The zero-order valence-corrected chi connectivity index (χ0v) is 54.9. The third kappa shape index (κ3) is 30.1. The quantitative estimate of drug-likeness (QED) is 0.0204. The predicted molar refractivity (Wildman–Crippen MR) is 328 cm³/mol. The minimum Gasteiger partial charge on any atom is -0.462 e. The van der Waals surface area contributed by atoms with E-state index in [2.05, 4.69) is 37.6 Å². The van der Waals surface area contributed by atoms with Crippen molar-refractivity contribution >= 4 is 106 Å². The molecule has 88 heavy (non-hydrogen) atoms. The second-order valence-electron chi connectivity index (χ2n) is 21.4. The van der Waals surface area contributed by atoms with Gasteiger partial charge in [0.15, 0.2) is 37.2 Å². The summed E-state index contributed by atoms with van der Waals surface area (Å²) in [5, 5.41) is 5.06. The molecule has 0 radical (unpaired) electrons. The predicted octanol–water partition coefficient (Wildman–Crippen LogP) is 13.6. The first kappa shape index (κ1) is 76.7. The van der Waals surface area contributed by atoms with Crippen molar-refractivity contribution in [3.05, 3.63) is 61.2 Å². The zero-order valence-electron chi connectivity index (χ0n) is 50.4. The number of hydrogen-bond donors (Lipinski definition) is 2. The van der Waals surface area contributed by atoms with Crippen LogP contribution in [0.1, 0.15) is 161 Å². The number of amides is 2. The van der Waals surface area contributed by atoms with Gasteiger partial charge in [-0.05, 0) is 19.3 Å². The molecule has 22 nitrogen and oxygen atoms in total. The molecular formula is C60H88Cl6N2O20. The summed E-state index contributed by atoms with van der Waals surface area (Å²) in [6.07, 6.45) is 2.17. The van der Waals surface area contributed by atoms with Crippen LogP contribution in [0.5, 0.6) is 0 Å². The highest BCUT2D eigenvalue weighted by Gasteiger charge is 2.56. The molecule has 1 aromatic carbocycles. The second kappa shape index (κ2) is 42.4. The van der Waals surface area contributed by atoms with Crippen molar-refractivity contribution in [1.82, 2.24) is 10.6 Å². The third-order valence-electron chi connectivity index (χ3n) is 14.2. The summed E-state index contributed by atoms with van der Waals surface area (Å²) in [7, 11) is 1.18. The number of alkyl carbamates (subject to hydrolysis) is 2. The maximum atomic E-state index is 14.7. The van der Waals surface area contributed by atoms with Crippen molar-refractivity contribution in [2.24, 2.45) is 0 Å². The normalized spacial score (nSPS) is 23.9. The number of hydrogen-bond acceptors (Lipinski definition) is 20. The van der Waals surface area contributed by atoms with Gasteiger partial charge in [-0.2, -0.15) is 0 Å². The van der Waals surface area contributed by atoms with E-state index in [0.29, 0.717) is 24.8 Å². The zero-order chi connectivity index (χ0) is 64.3. The largest absolute Gasteiger partial charge is 0.509 e. The Morgan fingerprint density at radius 2 is 1.12 bits per heavy atom. The van der Waals surface area contributed by atoms with Crippen molar-refractivity contribution in [2.75, 3.05) is 46.8 Å². The SMILES string of the molecule is C=CCOC(=O)O[C@@H]1[C@@H](NC(=O)OCC(Cl)(Cl)Cl)[C@@H](OC)O[C@H](CO[C@@H]2O[C@@H]3CO[C@@H](c4ccccc4)O[C@H]3[C@H](OC(=O)C[C@@H](CCCCCCCCCCC)OC(=O)CCCCCCCCCCC)[C@H]2NC(=O)OCC(Cl)(Cl)Cl)[C@H]1OC(=O)OCC=C. The van der Waals surface area contributed by atoms with Gasteiger partial charge in [0.25, 0.3) is 0 Å². The Kier molecular flexibility index (Phi) is 36.9. The number of ether oxygens (including phenoxy) is 14. The first-order chi connectivity index (χ1) is 42.2. The molecule has 4 rings (SSSR count). The van der Waals surface area contributed by atoms with E-state index >= 15 is 0 Å². The van der Waals surface area contributed by atoms with Gasteiger partial charge in [0.05, 0.1) is 19.6 Å². The van der Waals surface area contributed by atoms with Crippen LogP contribution in [0.15, 0.2) is 55.6 Å². The number of halogens is 6. The molecule has 0 aromatic heterocycles. The molecule has 3 aliphatic heterocycles. The van der Waals surface area contributed by atoms with Gasteiger partial charge >= 0.3 is 36.4 Å². The van der Waals surface area contributed by atoms with E-state index in [9.17, 15) is 28.8 Å². The van der Waals surface area contributed by atoms with E-state index in [1.54, 1.807) is 30.3 Å². The molecular weight excluding hydrogens is 1280 g/mol. The lowest BCUT2D eigenvalue weighted by Crippen LogP contribution is -2.69. The summed E-state index contributed by atoms with van der Waals surface area (Å²) in [6, 6.07) is 5.69. The minimum atomic E-state index is -2.07. The van der Waals surface area contributed by atoms with Crippen LogP contribution in [-0.4, -0.2) is 158 Å². The smallest absolute Gasteiger partial charge is 0.462 e. The monoisotopic (exact) mass is 1370 g/mol. The lowest BCUT2D eigenvalue weighted by atomic mass is 9.94. The first-order valence-electron chi connectivity index (χ1n) is 30.2. The number of nitrogens with one attached hydrogen (secondary N) is 2. The molecule has 2 N–H and O–H groups in total. The Balaban J connectivity index is 1.72. The van der Waals surface area contributed by atoms with Gasteiger partial charge in [0.1, 0.15) is 62.9 Å². The van der Waals surface area contributed by atoms with Gasteiger partial charge in [0.2, 0.25) is 7.59 Å². The van der Waals surface area contributed by atoms with Gasteiger partial charge in [-0.3, -0.25) is 9.59 Å². The number of carbonyl (C=O) groups is 6. The lowest BCUT2D eigenvalue weighted by molar-refractivity contribution is -0.350. The van der Waals surface area contributed by atoms with Crippen LogP contribution in [0.2, 0.25) is 0 Å². The van der Waals surface area contributed by atoms with Crippen molar-refractivity contribution in [3.63, 3.8) is 0 Å². The van der Waals surface area contributed by atoms with E-state index < -0.39 is 138 Å². The van der Waals surface area contributed by atoms with E-state index in [-0.39, 0.29) is 32.7 Å². The van der Waals surface area contributed by atoms with Crippen LogP contribution in [0.3, 0.4) is 0 Å². The van der Waals surface area contributed by atoms with Gasteiger partial charge in [0, 0.05) is 19.1 Å². The molecule has 3 saturated heterocycles. The summed E-state index contributed by atoms with van der Waals surface area (Å²) in [5.41, 5.74) is 0.590. The van der Waals surface area contributed by atoms with Crippen molar-refractivity contribution < 1.29 is 95.1 Å². The summed E-state index contributed by atoms with van der Waals surface area (Å²) >= 11 is 35.5. The second-order valence-corrected chi connectivity index (χ2v) is 26.4. The molecule has 3 fully saturated rings. The first-order valence-corrected chi connectivity index (χ1v) is 32.5. The minimum absolute atomic E-state index is 0.171. The molecule has 0 bridgehead atoms. The molecule has 2 amide bonds. The summed E-state index contributed by atoms with van der Waals surface area (Å²) in [4.78, 5) is 82.0. The van der Waals surface area contributed by atoms with Crippen LogP contribution in [0.25, 0.3) is 0 Å². The maximum absolute atomic E-state index is 14.7. The number of unbranched alkanes of at least 4 members (excludes halogenated alkanes) is 16. The number of carbonyl (C=O) groups excluding carboxylic acids is 6. The van der Waals surface area contributed by atoms with Crippen LogP contribution in [-0.2, 0) is 75.9 Å². The summed E-state index contributed by atoms with van der Waals surface area (Å²) in [6.45, 7) is 8.35. The number of alkyl halides is 6. The molecule has 0 unspecified atom stereocenters. The standard InChI is InChI=1S/C60H88Cl6N2O20/c1-6-10-12-14-16-18-20-22-27-31-41(82-44(69)32-28-23-21-19-17-15-13-11-7-2)35-45(70)85-50-47(68-56(72)81-39-60(64,65)66)54(84-42-36-78-52(86-48(42)50)40-29-25-24-26-30-40)79-37-43-49(87-57(73)76-33-8-3)51(88-58(74)77-34-9-4)46(53(75-5)83-43)67-55(71)80-38-59(61,62)63/h8-9,24-26,29-30,41-43,46-54H,3-4,6-7,10-23,27-28,31-39H2,1-2,5H3,(H,67,71)(H,68,72)/t41-,42-,43-,46-,47-,48-,49-,50-,51-,52-,53+,54-/m1/s1. The van der Waals surface area contributed by atoms with E-state index in [1.807, 2.05) is 0 Å². The summed E-state index contributed by atoms with van der Waals surface area (Å²) in [5.74, 6) is -1.28. The topological polar surface area (TPSA) is 256 Å². The van der Waals surface area contributed by atoms with Crippen LogP contribution >= 0.6 is 69.6 Å². The van der Waals surface area contributed by atoms with E-state index in [4.69, 9.17) is 136 Å². The molecule has 0 saturated carbocycles. The average molecular weight is 1370 g/mol. The molecule has 0 spiro atoms. The lowest BCUT2D eigenvalue weighted by Gasteiger charge is -2.49. The fourth-order valence-corrected chi connectivity index (χ4v) is 10.3. The molecule has 12 atom stereocenters. The van der Waals surface area contributed by atoms with E-state index in [1.165, 1.54) is 57.8 Å². The number of fused-ring (bicyclic) bond motifs is 1. The third-order valence-corrected chi connectivity index (χ3v) is 14.8. The Hall–Kier alpha value is -3.78. The fourth-order valence-electron chi connectivity index (χ4n) is 9.94. The Labute approximate surface area is 546 Å². The Morgan fingerprint density at radius 3 is 1.65 bits per heavy atom. The maximum Gasteiger partial charge on any atom is 0.509 e. The molecule has 3 aliphatic rings. The van der Waals surface area contributed by atoms with Gasteiger partial charge in [-0.25, -0.2) is 19.2 Å². The molecule has 0 aliphatic carbocycles. The highest BCUT2D eigenvalue weighted by Crippen LogP contribution is 2.38. The van der Waals surface area contributed by atoms with Crippen molar-refractivity contribution in [3.8, 4) is 0 Å². The highest BCUT2D eigenvalue weighted by atomic mass is 35.6. The molecule has 28 heteroatoms. The number of benzene rings is 1. The average Bonchev–Trinajstić information content (AvgIpc) is 1.62. The van der Waals surface area contributed by atoms with Crippen molar-refractivity contribution in [1.29, 1.82) is 0 Å². The van der Waals surface area contributed by atoms with Gasteiger partial charge in [-0.15, -0.1) is 0 Å². The van der Waals surface area contributed by atoms with Crippen LogP contribution in [0.4, 0.5) is 19.2 Å².